The smallest absolute Gasteiger partial charge is 0.260 e. The lowest BCUT2D eigenvalue weighted by molar-refractivity contribution is 0.0764. The first kappa shape index (κ1) is 20.2. The van der Waals surface area contributed by atoms with Crippen molar-refractivity contribution in [1.82, 2.24) is 19.7 Å². The van der Waals surface area contributed by atoms with Gasteiger partial charge in [-0.25, -0.2) is 9.37 Å². The first-order chi connectivity index (χ1) is 15.5. The van der Waals surface area contributed by atoms with Crippen molar-refractivity contribution in [2.45, 2.75) is 13.1 Å². The molecule has 2 aromatic heterocycles. The van der Waals surface area contributed by atoms with Crippen LogP contribution in [-0.4, -0.2) is 25.6 Å². The summed E-state index contributed by atoms with van der Waals surface area (Å²) in [4.78, 5) is 19.0. The molecule has 160 valence electrons. The Bertz CT molecular complexity index is 1320. The number of hydrogen-bond donors (Lipinski definition) is 0. The van der Waals surface area contributed by atoms with Crippen molar-refractivity contribution in [3.8, 4) is 22.8 Å². The largest absolute Gasteiger partial charge is 0.435 e. The topological polar surface area (TPSA) is 60.2 Å². The van der Waals surface area contributed by atoms with Gasteiger partial charge in [-0.15, -0.1) is 0 Å². The third kappa shape index (κ3) is 3.83. The van der Waals surface area contributed by atoms with Crippen LogP contribution in [0.3, 0.4) is 0 Å². The zero-order chi connectivity index (χ0) is 22.2. The standard InChI is InChI=1S/C24H18ClFN4O2/c1-29-13-18(11-28-29)16-4-2-15(3-5-16)12-30-14-17-8-9-27-23(22(17)24(30)31)32-21-7-6-19(25)10-20(21)26/h2-11,13H,12,14H2,1H3. The highest BCUT2D eigenvalue weighted by Crippen LogP contribution is 2.34. The normalized spacial score (nSPS) is 12.8. The average Bonchev–Trinajstić information content (AvgIpc) is 3.35. The maximum atomic E-state index is 14.2. The highest BCUT2D eigenvalue weighted by Gasteiger charge is 2.32. The van der Waals surface area contributed by atoms with Gasteiger partial charge in [-0.2, -0.15) is 5.10 Å². The molecule has 1 aliphatic rings. The molecular weight excluding hydrogens is 431 g/mol. The minimum Gasteiger partial charge on any atom is -0.435 e. The van der Waals surface area contributed by atoms with Crippen molar-refractivity contribution < 1.29 is 13.9 Å². The molecule has 0 saturated heterocycles. The molecule has 1 amide bonds. The maximum absolute atomic E-state index is 14.2. The number of nitrogens with zero attached hydrogens (tertiary/aromatic N) is 4. The zero-order valence-corrected chi connectivity index (χ0v) is 17.9. The molecule has 8 heteroatoms. The Kier molecular flexibility index (Phi) is 5.11. The number of hydrogen-bond acceptors (Lipinski definition) is 4. The first-order valence-corrected chi connectivity index (χ1v) is 10.3. The zero-order valence-electron chi connectivity index (χ0n) is 17.1. The molecule has 0 radical (unpaired) electrons. The molecule has 5 rings (SSSR count). The van der Waals surface area contributed by atoms with Crippen molar-refractivity contribution in [3.63, 3.8) is 0 Å². The van der Waals surface area contributed by atoms with Gasteiger partial charge in [0.25, 0.3) is 5.91 Å². The Morgan fingerprint density at radius 1 is 1.12 bits per heavy atom. The summed E-state index contributed by atoms with van der Waals surface area (Å²) >= 11 is 5.80. The van der Waals surface area contributed by atoms with E-state index in [0.29, 0.717) is 18.7 Å². The van der Waals surface area contributed by atoms with Crippen LogP contribution in [0.5, 0.6) is 11.6 Å². The number of carbonyl (C=O) groups excluding carboxylic acids is 1. The van der Waals surface area contributed by atoms with Gasteiger partial charge in [0.05, 0.1) is 6.20 Å². The van der Waals surface area contributed by atoms with Gasteiger partial charge in [-0.3, -0.25) is 9.48 Å². The first-order valence-electron chi connectivity index (χ1n) is 9.96. The van der Waals surface area contributed by atoms with Gasteiger partial charge in [0.2, 0.25) is 5.88 Å². The number of amides is 1. The molecule has 6 nitrogen and oxygen atoms in total. The van der Waals surface area contributed by atoms with E-state index in [0.717, 1.165) is 28.3 Å². The predicted molar refractivity (Wildman–Crippen MR) is 118 cm³/mol. The average molecular weight is 449 g/mol. The van der Waals surface area contributed by atoms with Gasteiger partial charge in [0.15, 0.2) is 11.6 Å². The van der Waals surface area contributed by atoms with E-state index in [1.165, 1.54) is 12.1 Å². The highest BCUT2D eigenvalue weighted by atomic mass is 35.5. The van der Waals surface area contributed by atoms with Crippen LogP contribution >= 0.6 is 11.6 Å². The summed E-state index contributed by atoms with van der Waals surface area (Å²) < 4.78 is 21.6. The van der Waals surface area contributed by atoms with Crippen LogP contribution in [0.15, 0.2) is 67.1 Å². The fourth-order valence-electron chi connectivity index (χ4n) is 3.74. The van der Waals surface area contributed by atoms with E-state index in [1.54, 1.807) is 21.8 Å². The highest BCUT2D eigenvalue weighted by molar-refractivity contribution is 6.30. The molecule has 0 bridgehead atoms. The summed E-state index contributed by atoms with van der Waals surface area (Å²) in [5, 5.41) is 4.46. The van der Waals surface area contributed by atoms with Crippen molar-refractivity contribution in [2.24, 2.45) is 7.05 Å². The van der Waals surface area contributed by atoms with E-state index in [2.05, 4.69) is 10.1 Å². The SMILES string of the molecule is Cn1cc(-c2ccc(CN3Cc4ccnc(Oc5ccc(Cl)cc5F)c4C3=O)cc2)cn1. The molecule has 0 unspecified atom stereocenters. The van der Waals surface area contributed by atoms with Crippen LogP contribution in [0.4, 0.5) is 4.39 Å². The molecule has 3 heterocycles. The van der Waals surface area contributed by atoms with Crippen molar-refractivity contribution >= 4 is 17.5 Å². The molecule has 2 aromatic carbocycles. The van der Waals surface area contributed by atoms with Gasteiger partial charge in [0.1, 0.15) is 5.56 Å². The molecule has 0 fully saturated rings. The van der Waals surface area contributed by atoms with E-state index in [-0.39, 0.29) is 22.6 Å². The molecule has 0 saturated carbocycles. The molecule has 0 N–H and O–H groups in total. The number of aromatic nitrogens is 3. The molecule has 4 aromatic rings. The number of rotatable bonds is 5. The molecule has 1 aliphatic heterocycles. The van der Waals surface area contributed by atoms with Crippen molar-refractivity contribution in [3.05, 3.63) is 94.7 Å². The molecule has 0 spiro atoms. The third-order valence-corrected chi connectivity index (χ3v) is 5.57. The Morgan fingerprint density at radius 2 is 1.94 bits per heavy atom. The molecular formula is C24H18ClFN4O2. The molecule has 0 atom stereocenters. The summed E-state index contributed by atoms with van der Waals surface area (Å²) in [7, 11) is 1.88. The summed E-state index contributed by atoms with van der Waals surface area (Å²) in [6.45, 7) is 0.871. The van der Waals surface area contributed by atoms with Crippen LogP contribution < -0.4 is 4.74 Å². The number of aryl methyl sites for hydroxylation is 1. The number of halogens is 2. The summed E-state index contributed by atoms with van der Waals surface area (Å²) in [5.41, 5.74) is 4.24. The predicted octanol–water partition coefficient (Wildman–Crippen LogP) is 5.22. The fraction of sp³-hybridized carbons (Fsp3) is 0.125. The third-order valence-electron chi connectivity index (χ3n) is 5.33. The fourth-order valence-corrected chi connectivity index (χ4v) is 3.90. The second kappa shape index (κ2) is 8.09. The van der Waals surface area contributed by atoms with Crippen LogP contribution in [0.25, 0.3) is 11.1 Å². The Balaban J connectivity index is 1.35. The second-order valence-electron chi connectivity index (χ2n) is 7.59. The number of pyridine rings is 1. The lowest BCUT2D eigenvalue weighted by atomic mass is 10.1. The monoisotopic (exact) mass is 448 g/mol. The van der Waals surface area contributed by atoms with Crippen LogP contribution in [-0.2, 0) is 20.1 Å². The summed E-state index contributed by atoms with van der Waals surface area (Å²) in [5.74, 6) is -0.766. The molecule has 0 aliphatic carbocycles. The Labute approximate surface area is 188 Å². The van der Waals surface area contributed by atoms with Crippen LogP contribution in [0.1, 0.15) is 21.5 Å². The molecule has 32 heavy (non-hydrogen) atoms. The lowest BCUT2D eigenvalue weighted by Crippen LogP contribution is -2.23. The second-order valence-corrected chi connectivity index (χ2v) is 8.02. The van der Waals surface area contributed by atoms with Gasteiger partial charge in [-0.1, -0.05) is 35.9 Å². The van der Waals surface area contributed by atoms with Crippen molar-refractivity contribution in [2.75, 3.05) is 0 Å². The number of carbonyl (C=O) groups is 1. The van der Waals surface area contributed by atoms with E-state index < -0.39 is 5.82 Å². The lowest BCUT2D eigenvalue weighted by Gasteiger charge is -2.16. The van der Waals surface area contributed by atoms with Crippen LogP contribution in [0, 0.1) is 5.82 Å². The summed E-state index contributed by atoms with van der Waals surface area (Å²) in [6.07, 6.45) is 5.32. The number of fused-ring (bicyclic) bond motifs is 1. The van der Waals surface area contributed by atoms with Gasteiger partial charge in [0, 0.05) is 43.1 Å². The van der Waals surface area contributed by atoms with E-state index >= 15 is 0 Å². The Hall–Kier alpha value is -3.71. The minimum atomic E-state index is -0.618. The van der Waals surface area contributed by atoms with Gasteiger partial charge < -0.3 is 9.64 Å². The van der Waals surface area contributed by atoms with Gasteiger partial charge >= 0.3 is 0 Å². The number of benzene rings is 2. The minimum absolute atomic E-state index is 0.0347. The van der Waals surface area contributed by atoms with Gasteiger partial charge in [-0.05, 0) is 41.0 Å². The van der Waals surface area contributed by atoms with Crippen LogP contribution in [0.2, 0.25) is 5.02 Å². The quantitative estimate of drug-likeness (QED) is 0.420. The van der Waals surface area contributed by atoms with E-state index in [1.807, 2.05) is 43.7 Å². The number of ether oxygens (including phenoxy) is 1. The Morgan fingerprint density at radius 3 is 2.66 bits per heavy atom. The summed E-state index contributed by atoms with van der Waals surface area (Å²) in [6, 6.07) is 13.9. The van der Waals surface area contributed by atoms with E-state index in [9.17, 15) is 9.18 Å². The maximum Gasteiger partial charge on any atom is 0.260 e. The van der Waals surface area contributed by atoms with E-state index in [4.69, 9.17) is 16.3 Å². The van der Waals surface area contributed by atoms with Crippen molar-refractivity contribution in [1.29, 1.82) is 0 Å².